The Balaban J connectivity index is 2.22. The van der Waals surface area contributed by atoms with Gasteiger partial charge in [-0.25, -0.2) is 4.79 Å². The van der Waals surface area contributed by atoms with Crippen molar-refractivity contribution in [2.24, 2.45) is 5.92 Å². The Morgan fingerprint density at radius 2 is 1.74 bits per heavy atom. The molecule has 0 atom stereocenters. The number of ether oxygens (including phenoxy) is 1. The van der Waals surface area contributed by atoms with Crippen LogP contribution in [0.4, 0.5) is 0 Å². The van der Waals surface area contributed by atoms with Crippen LogP contribution in [0.25, 0.3) is 11.6 Å². The van der Waals surface area contributed by atoms with Crippen LogP contribution in [0, 0.1) is 5.92 Å². The topological polar surface area (TPSA) is 46.5 Å². The normalized spacial score (nSPS) is 11.6. The van der Waals surface area contributed by atoms with Gasteiger partial charge in [0.05, 0.1) is 12.2 Å². The molecule has 0 saturated heterocycles. The molecule has 0 bridgehead atoms. The molecule has 2 rings (SSSR count). The van der Waals surface area contributed by atoms with Gasteiger partial charge in [0.15, 0.2) is 0 Å². The lowest BCUT2D eigenvalue weighted by Crippen LogP contribution is -2.04. The molecule has 0 aliphatic rings. The summed E-state index contributed by atoms with van der Waals surface area (Å²) in [5, 5.41) is 10.0. The molecular weight excluding hydrogens is 312 g/mol. The highest BCUT2D eigenvalue weighted by molar-refractivity contribution is 6.30. The summed E-state index contributed by atoms with van der Waals surface area (Å²) in [7, 11) is 0. The second-order valence-corrected chi connectivity index (χ2v) is 6.08. The Kier molecular flexibility index (Phi) is 5.83. The van der Waals surface area contributed by atoms with E-state index >= 15 is 0 Å². The van der Waals surface area contributed by atoms with E-state index in [9.17, 15) is 9.90 Å². The Bertz CT molecular complexity index is 686. The molecule has 2 aromatic carbocycles. The third-order valence-electron chi connectivity index (χ3n) is 3.16. The maximum atomic E-state index is 11.5. The number of carboxylic acid groups (broad SMARTS) is 1. The highest BCUT2D eigenvalue weighted by Gasteiger charge is 2.10. The van der Waals surface area contributed by atoms with Crippen molar-refractivity contribution in [1.82, 2.24) is 0 Å². The molecule has 1 N–H and O–H groups in total. The lowest BCUT2D eigenvalue weighted by Gasteiger charge is -2.09. The molecule has 4 heteroatoms. The molecule has 0 aliphatic heterocycles. The minimum atomic E-state index is -0.979. The Morgan fingerprint density at radius 1 is 1.13 bits per heavy atom. The first-order chi connectivity index (χ1) is 11.0. The van der Waals surface area contributed by atoms with Gasteiger partial charge in [0, 0.05) is 5.02 Å². The van der Waals surface area contributed by atoms with E-state index in [1.54, 1.807) is 30.3 Å². The molecule has 0 aliphatic carbocycles. The van der Waals surface area contributed by atoms with Crippen LogP contribution in [0.2, 0.25) is 5.02 Å². The van der Waals surface area contributed by atoms with Crippen molar-refractivity contribution >= 4 is 29.2 Å². The first-order valence-electron chi connectivity index (χ1n) is 7.39. The minimum Gasteiger partial charge on any atom is -0.493 e. The fourth-order valence-corrected chi connectivity index (χ4v) is 2.11. The number of halogens is 1. The van der Waals surface area contributed by atoms with Gasteiger partial charge in [0.1, 0.15) is 5.75 Å². The smallest absolute Gasteiger partial charge is 0.336 e. The third-order valence-corrected chi connectivity index (χ3v) is 3.41. The molecule has 0 spiro atoms. The average Bonchev–Trinajstić information content (AvgIpc) is 2.52. The van der Waals surface area contributed by atoms with E-state index < -0.39 is 5.97 Å². The van der Waals surface area contributed by atoms with Gasteiger partial charge in [-0.15, -0.1) is 0 Å². The number of hydrogen-bond acceptors (Lipinski definition) is 2. The number of carbonyl (C=O) groups is 1. The molecule has 0 heterocycles. The highest BCUT2D eigenvalue weighted by atomic mass is 35.5. The molecule has 23 heavy (non-hydrogen) atoms. The fraction of sp³-hybridized carbons (Fsp3) is 0.211. The Morgan fingerprint density at radius 3 is 2.26 bits per heavy atom. The summed E-state index contributed by atoms with van der Waals surface area (Å²) in [6, 6.07) is 14.1. The number of carboxylic acids is 1. The van der Waals surface area contributed by atoms with E-state index in [1.807, 2.05) is 24.3 Å². The van der Waals surface area contributed by atoms with Crippen molar-refractivity contribution in [3.05, 3.63) is 64.7 Å². The van der Waals surface area contributed by atoms with Crippen LogP contribution < -0.4 is 4.74 Å². The number of aliphatic carboxylic acids is 1. The van der Waals surface area contributed by atoms with Crippen LogP contribution in [0.5, 0.6) is 5.75 Å². The van der Waals surface area contributed by atoms with E-state index in [4.69, 9.17) is 16.3 Å². The van der Waals surface area contributed by atoms with Gasteiger partial charge in [0.2, 0.25) is 0 Å². The van der Waals surface area contributed by atoms with Gasteiger partial charge in [-0.3, -0.25) is 0 Å². The maximum absolute atomic E-state index is 11.5. The zero-order valence-electron chi connectivity index (χ0n) is 13.1. The second-order valence-electron chi connectivity index (χ2n) is 5.64. The summed E-state index contributed by atoms with van der Waals surface area (Å²) in [5.41, 5.74) is 1.63. The van der Waals surface area contributed by atoms with E-state index in [-0.39, 0.29) is 5.57 Å². The van der Waals surface area contributed by atoms with E-state index in [0.717, 1.165) is 11.3 Å². The van der Waals surface area contributed by atoms with Crippen LogP contribution >= 0.6 is 11.6 Å². The standard InChI is InChI=1S/C19H19ClO3/c1-13(2)12-23-17-9-3-14(4-10-17)11-18(19(21)22)15-5-7-16(20)8-6-15/h3-11,13H,12H2,1-2H3,(H,21,22)/b18-11-. The van der Waals surface area contributed by atoms with Crippen LogP contribution in [-0.2, 0) is 4.79 Å². The predicted molar refractivity (Wildman–Crippen MR) is 93.7 cm³/mol. The summed E-state index contributed by atoms with van der Waals surface area (Å²) in [6.45, 7) is 4.82. The molecule has 0 unspecified atom stereocenters. The lowest BCUT2D eigenvalue weighted by atomic mass is 10.0. The quantitative estimate of drug-likeness (QED) is 0.599. The molecular formula is C19H19ClO3. The van der Waals surface area contributed by atoms with Crippen LogP contribution in [-0.4, -0.2) is 17.7 Å². The van der Waals surface area contributed by atoms with Crippen molar-refractivity contribution in [1.29, 1.82) is 0 Å². The van der Waals surface area contributed by atoms with Crippen molar-refractivity contribution in [3.63, 3.8) is 0 Å². The molecule has 120 valence electrons. The molecule has 0 amide bonds. The number of rotatable bonds is 6. The first-order valence-corrected chi connectivity index (χ1v) is 7.77. The summed E-state index contributed by atoms with van der Waals surface area (Å²) in [5.74, 6) is 0.254. The monoisotopic (exact) mass is 330 g/mol. The number of benzene rings is 2. The van der Waals surface area contributed by atoms with Gasteiger partial charge in [0.25, 0.3) is 0 Å². The largest absolute Gasteiger partial charge is 0.493 e. The highest BCUT2D eigenvalue weighted by Crippen LogP contribution is 2.22. The van der Waals surface area contributed by atoms with Crippen molar-refractivity contribution < 1.29 is 14.6 Å². The van der Waals surface area contributed by atoms with Crippen molar-refractivity contribution in [3.8, 4) is 5.75 Å². The first kappa shape index (κ1) is 17.1. The van der Waals surface area contributed by atoms with E-state index in [1.165, 1.54) is 0 Å². The van der Waals surface area contributed by atoms with Gasteiger partial charge < -0.3 is 9.84 Å². The van der Waals surface area contributed by atoms with Crippen LogP contribution in [0.1, 0.15) is 25.0 Å². The average molecular weight is 331 g/mol. The molecule has 0 saturated carbocycles. The predicted octanol–water partition coefficient (Wildman–Crippen LogP) is 5.00. The lowest BCUT2D eigenvalue weighted by molar-refractivity contribution is -0.130. The van der Waals surface area contributed by atoms with Crippen LogP contribution in [0.3, 0.4) is 0 Å². The molecule has 2 aromatic rings. The maximum Gasteiger partial charge on any atom is 0.336 e. The fourth-order valence-electron chi connectivity index (χ4n) is 1.99. The Labute approximate surface area is 141 Å². The van der Waals surface area contributed by atoms with Gasteiger partial charge >= 0.3 is 5.97 Å². The molecule has 0 aromatic heterocycles. The van der Waals surface area contributed by atoms with Gasteiger partial charge in [-0.1, -0.05) is 49.7 Å². The van der Waals surface area contributed by atoms with Crippen LogP contribution in [0.15, 0.2) is 48.5 Å². The van der Waals surface area contributed by atoms with E-state index in [2.05, 4.69) is 13.8 Å². The number of hydrogen-bond donors (Lipinski definition) is 1. The van der Waals surface area contributed by atoms with Gasteiger partial charge in [-0.2, -0.15) is 0 Å². The third kappa shape index (κ3) is 5.15. The Hall–Kier alpha value is -2.26. The molecule has 0 radical (unpaired) electrons. The SMILES string of the molecule is CC(C)COc1ccc(/C=C(\C(=O)O)c2ccc(Cl)cc2)cc1. The minimum absolute atomic E-state index is 0.220. The van der Waals surface area contributed by atoms with Crippen molar-refractivity contribution in [2.75, 3.05) is 6.61 Å². The summed E-state index contributed by atoms with van der Waals surface area (Å²) < 4.78 is 5.62. The van der Waals surface area contributed by atoms with Gasteiger partial charge in [-0.05, 0) is 47.4 Å². The summed E-state index contributed by atoms with van der Waals surface area (Å²) in [6.07, 6.45) is 1.64. The summed E-state index contributed by atoms with van der Waals surface area (Å²) in [4.78, 5) is 11.5. The summed E-state index contributed by atoms with van der Waals surface area (Å²) >= 11 is 5.84. The zero-order valence-corrected chi connectivity index (χ0v) is 13.9. The van der Waals surface area contributed by atoms with E-state index in [0.29, 0.717) is 23.1 Å². The van der Waals surface area contributed by atoms with Crippen molar-refractivity contribution in [2.45, 2.75) is 13.8 Å². The zero-order chi connectivity index (χ0) is 16.8. The molecule has 3 nitrogen and oxygen atoms in total. The second kappa shape index (κ2) is 7.84. The molecule has 0 fully saturated rings.